The van der Waals surface area contributed by atoms with Gasteiger partial charge in [0, 0.05) is 12.1 Å². The van der Waals surface area contributed by atoms with Crippen LogP contribution in [0.15, 0.2) is 66.7 Å². The SMILES string of the molecule is COc1cc(ON(Oc2ccc(N)c(OC)c2)c2ccccc2)ccc1N. The first kappa shape index (κ1) is 18.1. The Bertz CT molecular complexity index is 847. The third-order valence-electron chi connectivity index (χ3n) is 3.75. The monoisotopic (exact) mass is 367 g/mol. The zero-order chi connectivity index (χ0) is 19.2. The summed E-state index contributed by atoms with van der Waals surface area (Å²) in [5, 5.41) is 1.29. The number of nitrogens with zero attached hydrogens (tertiary/aromatic N) is 1. The van der Waals surface area contributed by atoms with Gasteiger partial charge >= 0.3 is 0 Å². The molecule has 140 valence electrons. The summed E-state index contributed by atoms with van der Waals surface area (Å²) >= 11 is 0. The van der Waals surface area contributed by atoms with Crippen molar-refractivity contribution >= 4 is 17.1 Å². The predicted molar refractivity (Wildman–Crippen MR) is 105 cm³/mol. The Kier molecular flexibility index (Phi) is 5.41. The van der Waals surface area contributed by atoms with Crippen molar-refractivity contribution in [2.45, 2.75) is 0 Å². The maximum absolute atomic E-state index is 5.91. The van der Waals surface area contributed by atoms with Gasteiger partial charge in [0.15, 0.2) is 11.5 Å². The molecule has 0 aliphatic rings. The lowest BCUT2D eigenvalue weighted by atomic mass is 10.3. The van der Waals surface area contributed by atoms with Crippen molar-refractivity contribution in [3.63, 3.8) is 0 Å². The smallest absolute Gasteiger partial charge is 0.163 e. The van der Waals surface area contributed by atoms with Crippen LogP contribution in [-0.4, -0.2) is 14.2 Å². The van der Waals surface area contributed by atoms with Gasteiger partial charge in [-0.25, -0.2) is 0 Å². The van der Waals surface area contributed by atoms with Crippen LogP contribution in [0, 0.1) is 0 Å². The fourth-order valence-corrected chi connectivity index (χ4v) is 2.36. The van der Waals surface area contributed by atoms with E-state index in [2.05, 4.69) is 0 Å². The van der Waals surface area contributed by atoms with Crippen molar-refractivity contribution in [2.75, 3.05) is 30.9 Å². The summed E-state index contributed by atoms with van der Waals surface area (Å²) in [6.45, 7) is 0. The van der Waals surface area contributed by atoms with E-state index in [-0.39, 0.29) is 0 Å². The minimum atomic E-state index is 0.493. The number of anilines is 3. The van der Waals surface area contributed by atoms with Crippen LogP contribution in [0.3, 0.4) is 0 Å². The van der Waals surface area contributed by atoms with Crippen molar-refractivity contribution in [1.82, 2.24) is 0 Å². The summed E-state index contributed by atoms with van der Waals surface area (Å²) in [5.74, 6) is 2.00. The number of hydrogen-bond donors (Lipinski definition) is 2. The molecule has 0 spiro atoms. The molecule has 0 atom stereocenters. The van der Waals surface area contributed by atoms with Gasteiger partial charge in [-0.1, -0.05) is 18.2 Å². The standard InChI is InChI=1S/C20H21N3O4/c1-24-19-12-15(8-10-17(19)21)26-23(14-6-4-3-5-7-14)27-16-9-11-18(22)20(13-16)25-2/h3-13H,21-22H2,1-2H3. The number of benzene rings is 3. The van der Waals surface area contributed by atoms with E-state index in [1.165, 1.54) is 5.23 Å². The van der Waals surface area contributed by atoms with Crippen molar-refractivity contribution in [2.24, 2.45) is 0 Å². The van der Waals surface area contributed by atoms with Crippen LogP contribution < -0.4 is 35.8 Å². The fourth-order valence-electron chi connectivity index (χ4n) is 2.36. The molecule has 3 rings (SSSR count). The molecule has 0 heterocycles. The normalized spacial score (nSPS) is 10.1. The van der Waals surface area contributed by atoms with E-state index in [0.29, 0.717) is 40.1 Å². The summed E-state index contributed by atoms with van der Waals surface area (Å²) in [6, 6.07) is 19.6. The number of hydrogen-bond acceptors (Lipinski definition) is 7. The second kappa shape index (κ2) is 8.09. The third-order valence-corrected chi connectivity index (χ3v) is 3.75. The highest BCUT2D eigenvalue weighted by Crippen LogP contribution is 2.30. The number of rotatable bonds is 7. The predicted octanol–water partition coefficient (Wildman–Crippen LogP) is 3.66. The largest absolute Gasteiger partial charge is 0.494 e. The van der Waals surface area contributed by atoms with Crippen LogP contribution in [0.5, 0.6) is 23.0 Å². The van der Waals surface area contributed by atoms with Gasteiger partial charge in [-0.3, -0.25) is 0 Å². The summed E-state index contributed by atoms with van der Waals surface area (Å²) in [5.41, 5.74) is 13.4. The molecule has 0 aliphatic carbocycles. The molecular formula is C20H21N3O4. The van der Waals surface area contributed by atoms with Crippen molar-refractivity contribution in [1.29, 1.82) is 0 Å². The Labute approximate surface area is 157 Å². The number of para-hydroxylation sites is 1. The fraction of sp³-hybridized carbons (Fsp3) is 0.100. The van der Waals surface area contributed by atoms with Crippen LogP contribution in [0.2, 0.25) is 0 Å². The number of nitrogen functional groups attached to an aromatic ring is 2. The molecule has 0 unspecified atom stereocenters. The van der Waals surface area contributed by atoms with E-state index in [9.17, 15) is 0 Å². The molecule has 0 amide bonds. The Balaban J connectivity index is 1.90. The number of nitrogens with two attached hydrogens (primary N) is 2. The first-order valence-corrected chi connectivity index (χ1v) is 8.19. The lowest BCUT2D eigenvalue weighted by Gasteiger charge is -2.24. The van der Waals surface area contributed by atoms with Crippen LogP contribution in [-0.2, 0) is 0 Å². The molecule has 0 bridgehead atoms. The highest BCUT2D eigenvalue weighted by Gasteiger charge is 2.14. The highest BCUT2D eigenvalue weighted by atomic mass is 16.9. The van der Waals surface area contributed by atoms with E-state index >= 15 is 0 Å². The van der Waals surface area contributed by atoms with Crippen molar-refractivity contribution < 1.29 is 19.1 Å². The molecule has 0 saturated carbocycles. The summed E-state index contributed by atoms with van der Waals surface area (Å²) in [6.07, 6.45) is 0. The molecule has 3 aromatic rings. The maximum Gasteiger partial charge on any atom is 0.163 e. The van der Waals surface area contributed by atoms with Crippen LogP contribution in [0.25, 0.3) is 0 Å². The van der Waals surface area contributed by atoms with E-state index in [0.717, 1.165) is 0 Å². The van der Waals surface area contributed by atoms with Gasteiger partial charge in [-0.2, -0.15) is 0 Å². The minimum absolute atomic E-state index is 0.493. The molecule has 7 heteroatoms. The number of methoxy groups -OCH3 is 2. The van der Waals surface area contributed by atoms with E-state index in [4.69, 9.17) is 30.6 Å². The zero-order valence-corrected chi connectivity index (χ0v) is 15.1. The Morgan fingerprint density at radius 2 is 1.15 bits per heavy atom. The second-order valence-corrected chi connectivity index (χ2v) is 5.58. The molecule has 0 aromatic heterocycles. The van der Waals surface area contributed by atoms with Gasteiger partial charge in [0.1, 0.15) is 17.2 Å². The minimum Gasteiger partial charge on any atom is -0.494 e. The van der Waals surface area contributed by atoms with E-state index in [1.54, 1.807) is 50.6 Å². The van der Waals surface area contributed by atoms with Gasteiger partial charge in [-0.05, 0) is 41.6 Å². The second-order valence-electron chi connectivity index (χ2n) is 5.58. The van der Waals surface area contributed by atoms with Crippen LogP contribution >= 0.6 is 0 Å². The average Bonchev–Trinajstić information content (AvgIpc) is 2.70. The van der Waals surface area contributed by atoms with Gasteiger partial charge < -0.3 is 30.6 Å². The Morgan fingerprint density at radius 3 is 1.59 bits per heavy atom. The first-order chi connectivity index (χ1) is 13.1. The summed E-state index contributed by atoms with van der Waals surface area (Å²) in [7, 11) is 3.09. The average molecular weight is 367 g/mol. The lowest BCUT2D eigenvalue weighted by molar-refractivity contribution is 0.0726. The Morgan fingerprint density at radius 1 is 0.667 bits per heavy atom. The van der Waals surface area contributed by atoms with Crippen molar-refractivity contribution in [3.05, 3.63) is 66.7 Å². The molecular weight excluding hydrogens is 346 g/mol. The maximum atomic E-state index is 5.91. The van der Waals surface area contributed by atoms with Crippen LogP contribution in [0.1, 0.15) is 0 Å². The number of ether oxygens (including phenoxy) is 2. The topological polar surface area (TPSA) is 92.2 Å². The van der Waals surface area contributed by atoms with E-state index < -0.39 is 0 Å². The van der Waals surface area contributed by atoms with Crippen LogP contribution in [0.4, 0.5) is 17.1 Å². The molecule has 7 nitrogen and oxygen atoms in total. The zero-order valence-electron chi connectivity index (χ0n) is 15.1. The third kappa shape index (κ3) is 4.27. The van der Waals surface area contributed by atoms with Gasteiger partial charge in [0.2, 0.25) is 0 Å². The molecule has 0 aliphatic heterocycles. The Hall–Kier alpha value is -3.74. The molecule has 27 heavy (non-hydrogen) atoms. The first-order valence-electron chi connectivity index (χ1n) is 8.19. The van der Waals surface area contributed by atoms with Gasteiger partial charge in [-0.15, -0.1) is 0 Å². The summed E-state index contributed by atoms with van der Waals surface area (Å²) < 4.78 is 10.5. The molecule has 4 N–H and O–H groups in total. The lowest BCUT2D eigenvalue weighted by Crippen LogP contribution is -2.31. The van der Waals surface area contributed by atoms with Crippen molar-refractivity contribution in [3.8, 4) is 23.0 Å². The van der Waals surface area contributed by atoms with E-state index in [1.807, 2.05) is 30.3 Å². The molecule has 0 radical (unpaired) electrons. The summed E-state index contributed by atoms with van der Waals surface area (Å²) in [4.78, 5) is 11.8. The molecule has 0 saturated heterocycles. The molecule has 0 fully saturated rings. The van der Waals surface area contributed by atoms with Gasteiger partial charge in [0.05, 0.1) is 25.6 Å². The quantitative estimate of drug-likeness (QED) is 0.486. The van der Waals surface area contributed by atoms with Gasteiger partial charge in [0.25, 0.3) is 0 Å². The highest BCUT2D eigenvalue weighted by molar-refractivity contribution is 5.57. The molecule has 3 aromatic carbocycles.